The molecule has 2 aromatic rings. The fourth-order valence-corrected chi connectivity index (χ4v) is 2.69. The highest BCUT2D eigenvalue weighted by Crippen LogP contribution is 2.24. The quantitative estimate of drug-likeness (QED) is 0.884. The third kappa shape index (κ3) is 2.73. The van der Waals surface area contributed by atoms with Gasteiger partial charge in [-0.25, -0.2) is 4.98 Å². The molecule has 2 heterocycles. The smallest absolute Gasteiger partial charge is 0.0715 e. The minimum Gasteiger partial charge on any atom is -0.385 e. The van der Waals surface area contributed by atoms with E-state index in [-0.39, 0.29) is 0 Å². The number of hydrogen-bond acceptors (Lipinski definition) is 2. The molecule has 0 spiro atoms. The first-order chi connectivity index (χ1) is 10.7. The number of aromatic nitrogens is 1. The highest BCUT2D eigenvalue weighted by Gasteiger charge is 2.11. The number of allylic oxidation sites excluding steroid dienone is 4. The Morgan fingerprint density at radius 3 is 2.77 bits per heavy atom. The van der Waals surface area contributed by atoms with E-state index in [0.29, 0.717) is 0 Å². The molecule has 0 aliphatic carbocycles. The Kier molecular flexibility index (Phi) is 3.92. The molecule has 0 radical (unpaired) electrons. The van der Waals surface area contributed by atoms with Crippen molar-refractivity contribution in [2.24, 2.45) is 0 Å². The molecule has 0 saturated carbocycles. The van der Waals surface area contributed by atoms with Crippen molar-refractivity contribution in [2.45, 2.75) is 13.3 Å². The first kappa shape index (κ1) is 14.3. The van der Waals surface area contributed by atoms with Gasteiger partial charge in [-0.1, -0.05) is 43.5 Å². The van der Waals surface area contributed by atoms with Crippen molar-refractivity contribution in [3.05, 3.63) is 78.2 Å². The molecule has 1 aliphatic heterocycles. The lowest BCUT2D eigenvalue weighted by Gasteiger charge is -2.06. The summed E-state index contributed by atoms with van der Waals surface area (Å²) in [7, 11) is 0. The van der Waals surface area contributed by atoms with Crippen molar-refractivity contribution in [1.29, 1.82) is 0 Å². The molecule has 1 aromatic heterocycles. The molecule has 0 bridgehead atoms. The topological polar surface area (TPSA) is 24.9 Å². The van der Waals surface area contributed by atoms with E-state index in [1.54, 1.807) is 0 Å². The van der Waals surface area contributed by atoms with Gasteiger partial charge in [0.05, 0.1) is 11.2 Å². The van der Waals surface area contributed by atoms with E-state index < -0.39 is 0 Å². The van der Waals surface area contributed by atoms with Crippen molar-refractivity contribution in [3.8, 4) is 0 Å². The van der Waals surface area contributed by atoms with Gasteiger partial charge in [0.15, 0.2) is 0 Å². The van der Waals surface area contributed by atoms with Crippen molar-refractivity contribution in [2.75, 3.05) is 6.54 Å². The van der Waals surface area contributed by atoms with Crippen LogP contribution in [-0.2, 0) is 0 Å². The fraction of sp³-hybridized carbons (Fsp3) is 0.150. The van der Waals surface area contributed by atoms with Crippen LogP contribution in [-0.4, -0.2) is 11.5 Å². The molecule has 110 valence electrons. The molecule has 2 heteroatoms. The maximum absolute atomic E-state index is 4.81. The second kappa shape index (κ2) is 6.02. The van der Waals surface area contributed by atoms with Crippen molar-refractivity contribution < 1.29 is 0 Å². The number of benzene rings is 1. The number of fused-ring (bicyclic) bond motifs is 1. The Morgan fingerprint density at radius 2 is 2.09 bits per heavy atom. The Bertz CT molecular complexity index is 810. The first-order valence-corrected chi connectivity index (χ1v) is 7.55. The van der Waals surface area contributed by atoms with Crippen molar-refractivity contribution in [3.63, 3.8) is 0 Å². The second-order valence-corrected chi connectivity index (χ2v) is 5.42. The molecule has 1 N–H and O–H groups in total. The van der Waals surface area contributed by atoms with Gasteiger partial charge in [0.25, 0.3) is 0 Å². The molecule has 1 aliphatic rings. The molecule has 2 nitrogen and oxygen atoms in total. The van der Waals surface area contributed by atoms with Crippen molar-refractivity contribution in [1.82, 2.24) is 10.3 Å². The van der Waals surface area contributed by atoms with Crippen LogP contribution in [0.2, 0.25) is 0 Å². The Labute approximate surface area is 131 Å². The molecule has 0 atom stereocenters. The van der Waals surface area contributed by atoms with Gasteiger partial charge in [-0.05, 0) is 48.3 Å². The Hall–Kier alpha value is -2.61. The maximum atomic E-state index is 4.81. The van der Waals surface area contributed by atoms with Gasteiger partial charge < -0.3 is 5.32 Å². The number of rotatable bonds is 3. The minimum atomic E-state index is 0.968. The van der Waals surface area contributed by atoms with Gasteiger partial charge >= 0.3 is 0 Å². The SMILES string of the molecule is C=Cc1ccc2ccc(C(/C=C3/CCNC3=C)=C/C)nc2c1. The molecule has 22 heavy (non-hydrogen) atoms. The van der Waals surface area contributed by atoms with E-state index in [1.807, 2.05) is 13.0 Å². The normalized spacial score (nSPS) is 17.0. The minimum absolute atomic E-state index is 0.968. The Morgan fingerprint density at radius 1 is 1.27 bits per heavy atom. The molecule has 1 saturated heterocycles. The summed E-state index contributed by atoms with van der Waals surface area (Å²) < 4.78 is 0. The molecular weight excluding hydrogens is 268 g/mol. The van der Waals surface area contributed by atoms with E-state index in [0.717, 1.165) is 46.4 Å². The van der Waals surface area contributed by atoms with Crippen LogP contribution < -0.4 is 5.32 Å². The number of nitrogens with one attached hydrogen (secondary N) is 1. The van der Waals surface area contributed by atoms with Crippen LogP contribution in [0.3, 0.4) is 0 Å². The van der Waals surface area contributed by atoms with Crippen LogP contribution in [0.25, 0.3) is 22.6 Å². The standard InChI is InChI=1S/C20H20N2/c1-4-15-6-7-17-8-9-19(22-20(17)12-15)16(5-2)13-18-10-11-21-14(18)3/h4-9,12-13,21H,1,3,10-11H2,2H3/b16-5+,18-13-. The van der Waals surface area contributed by atoms with E-state index in [2.05, 4.69) is 61.0 Å². The van der Waals surface area contributed by atoms with Crippen molar-refractivity contribution >= 4 is 22.6 Å². The number of pyridine rings is 1. The van der Waals surface area contributed by atoms with Gasteiger partial charge in [-0.15, -0.1) is 0 Å². The van der Waals surface area contributed by atoms with Crippen LogP contribution in [0.5, 0.6) is 0 Å². The van der Waals surface area contributed by atoms with Crippen LogP contribution in [0.15, 0.2) is 66.9 Å². The summed E-state index contributed by atoms with van der Waals surface area (Å²) >= 11 is 0. The second-order valence-electron chi connectivity index (χ2n) is 5.42. The summed E-state index contributed by atoms with van der Waals surface area (Å²) in [6, 6.07) is 10.4. The average Bonchev–Trinajstić information content (AvgIpc) is 2.96. The predicted octanol–water partition coefficient (Wildman–Crippen LogP) is 4.71. The number of hydrogen-bond donors (Lipinski definition) is 1. The Balaban J connectivity index is 2.04. The first-order valence-electron chi connectivity index (χ1n) is 7.55. The molecule has 0 amide bonds. The summed E-state index contributed by atoms with van der Waals surface area (Å²) in [4.78, 5) is 4.81. The highest BCUT2D eigenvalue weighted by molar-refractivity contribution is 5.84. The summed E-state index contributed by atoms with van der Waals surface area (Å²) in [6.07, 6.45) is 7.16. The van der Waals surface area contributed by atoms with E-state index in [4.69, 9.17) is 4.98 Å². The van der Waals surface area contributed by atoms with Gasteiger partial charge in [-0.3, -0.25) is 0 Å². The maximum Gasteiger partial charge on any atom is 0.0715 e. The highest BCUT2D eigenvalue weighted by atomic mass is 14.9. The third-order valence-corrected chi connectivity index (χ3v) is 4.01. The zero-order valence-electron chi connectivity index (χ0n) is 12.9. The van der Waals surface area contributed by atoms with Crippen LogP contribution in [0.1, 0.15) is 24.6 Å². The summed E-state index contributed by atoms with van der Waals surface area (Å²) in [5.41, 5.74) is 6.49. The lowest BCUT2D eigenvalue weighted by Crippen LogP contribution is -2.01. The zero-order valence-corrected chi connectivity index (χ0v) is 12.9. The average molecular weight is 288 g/mol. The summed E-state index contributed by atoms with van der Waals surface area (Å²) in [5.74, 6) is 0. The van der Waals surface area contributed by atoms with Gasteiger partial charge in [0, 0.05) is 17.6 Å². The van der Waals surface area contributed by atoms with Crippen LogP contribution in [0.4, 0.5) is 0 Å². The molecule has 0 unspecified atom stereocenters. The molecule has 1 aromatic carbocycles. The van der Waals surface area contributed by atoms with Gasteiger partial charge in [0.1, 0.15) is 0 Å². The lowest BCUT2D eigenvalue weighted by molar-refractivity contribution is 0.917. The van der Waals surface area contributed by atoms with E-state index >= 15 is 0 Å². The zero-order chi connectivity index (χ0) is 15.5. The lowest BCUT2D eigenvalue weighted by atomic mass is 10.0. The monoisotopic (exact) mass is 288 g/mol. The van der Waals surface area contributed by atoms with Gasteiger partial charge in [0.2, 0.25) is 0 Å². The summed E-state index contributed by atoms with van der Waals surface area (Å²) in [5, 5.41) is 4.42. The summed E-state index contributed by atoms with van der Waals surface area (Å²) in [6.45, 7) is 10.9. The van der Waals surface area contributed by atoms with Gasteiger partial charge in [-0.2, -0.15) is 0 Å². The molecule has 3 rings (SSSR count). The van der Waals surface area contributed by atoms with Crippen LogP contribution >= 0.6 is 0 Å². The molecule has 1 fully saturated rings. The molecular formula is C20H20N2. The van der Waals surface area contributed by atoms with E-state index in [9.17, 15) is 0 Å². The third-order valence-electron chi connectivity index (χ3n) is 4.01. The predicted molar refractivity (Wildman–Crippen MR) is 95.3 cm³/mol. The largest absolute Gasteiger partial charge is 0.385 e. The van der Waals surface area contributed by atoms with E-state index in [1.165, 1.54) is 5.57 Å². The fourth-order valence-electron chi connectivity index (χ4n) is 2.69. The number of nitrogens with zero attached hydrogens (tertiary/aromatic N) is 1. The van der Waals surface area contributed by atoms with Crippen LogP contribution in [0, 0.1) is 0 Å².